The Morgan fingerprint density at radius 1 is 0.930 bits per heavy atom. The number of anilines is 2. The first kappa shape index (κ1) is 28.9. The van der Waals surface area contributed by atoms with Crippen LogP contribution in [0.25, 0.3) is 0 Å². The molecule has 2 aliphatic carbocycles. The number of fused-ring (bicyclic) bond motifs is 1. The van der Waals surface area contributed by atoms with E-state index < -0.39 is 23.7 Å². The van der Waals surface area contributed by atoms with Crippen molar-refractivity contribution in [3.8, 4) is 6.07 Å². The number of benzene rings is 3. The van der Waals surface area contributed by atoms with Crippen LogP contribution in [0, 0.1) is 42.8 Å². The second-order valence-corrected chi connectivity index (χ2v) is 12.6. The SMILES string of the molecule is Cc1ccc(N(c2ccc(C3C(C(N)=O)CC4CCCC4N3C(=O)c3c(C)cccc3F)cc2)C2CCCC2)cc1C#N. The lowest BCUT2D eigenvalue weighted by molar-refractivity contribution is -0.127. The minimum absolute atomic E-state index is 0.0694. The van der Waals surface area contributed by atoms with E-state index in [9.17, 15) is 14.9 Å². The summed E-state index contributed by atoms with van der Waals surface area (Å²) in [5, 5.41) is 9.70. The van der Waals surface area contributed by atoms with Crippen molar-refractivity contribution in [1.82, 2.24) is 4.90 Å². The molecule has 3 aromatic rings. The molecule has 6 rings (SSSR count). The van der Waals surface area contributed by atoms with Gasteiger partial charge in [0.15, 0.2) is 0 Å². The van der Waals surface area contributed by atoms with Crippen molar-refractivity contribution in [3.05, 3.63) is 94.3 Å². The fraction of sp³-hybridized carbons (Fsp3) is 0.417. The van der Waals surface area contributed by atoms with Gasteiger partial charge in [-0.2, -0.15) is 5.26 Å². The van der Waals surface area contributed by atoms with Crippen LogP contribution < -0.4 is 10.6 Å². The van der Waals surface area contributed by atoms with Gasteiger partial charge < -0.3 is 15.5 Å². The summed E-state index contributed by atoms with van der Waals surface area (Å²) in [5.41, 5.74) is 11.1. The molecule has 0 aromatic heterocycles. The summed E-state index contributed by atoms with van der Waals surface area (Å²) in [6.45, 7) is 3.70. The average molecular weight is 579 g/mol. The van der Waals surface area contributed by atoms with Crippen LogP contribution >= 0.6 is 0 Å². The van der Waals surface area contributed by atoms with Crippen LogP contribution in [0.5, 0.6) is 0 Å². The zero-order valence-electron chi connectivity index (χ0n) is 24.9. The molecule has 222 valence electrons. The van der Waals surface area contributed by atoms with Gasteiger partial charge in [0.2, 0.25) is 5.91 Å². The van der Waals surface area contributed by atoms with E-state index in [1.807, 2.05) is 31.2 Å². The second-order valence-electron chi connectivity index (χ2n) is 12.6. The third-order valence-electron chi connectivity index (χ3n) is 10.1. The molecule has 0 spiro atoms. The molecule has 1 saturated heterocycles. The summed E-state index contributed by atoms with van der Waals surface area (Å²) >= 11 is 0. The summed E-state index contributed by atoms with van der Waals surface area (Å²) in [5.74, 6) is -1.75. The molecule has 2 N–H and O–H groups in total. The Labute approximate surface area is 253 Å². The Kier molecular flexibility index (Phi) is 7.96. The van der Waals surface area contributed by atoms with Crippen molar-refractivity contribution < 1.29 is 14.0 Å². The zero-order chi connectivity index (χ0) is 30.2. The van der Waals surface area contributed by atoms with E-state index >= 15 is 4.39 Å². The van der Waals surface area contributed by atoms with Crippen molar-refractivity contribution in [2.75, 3.05) is 4.90 Å². The van der Waals surface area contributed by atoms with Gasteiger partial charge in [0, 0.05) is 23.5 Å². The number of hydrogen-bond donors (Lipinski definition) is 1. The van der Waals surface area contributed by atoms with Crippen LogP contribution in [0.4, 0.5) is 15.8 Å². The normalized spacial score (nSPS) is 23.5. The molecule has 2 saturated carbocycles. The number of piperidine rings is 1. The van der Waals surface area contributed by atoms with Gasteiger partial charge in [0.1, 0.15) is 5.82 Å². The van der Waals surface area contributed by atoms with Gasteiger partial charge in [-0.05, 0) is 98.9 Å². The van der Waals surface area contributed by atoms with E-state index in [0.29, 0.717) is 23.6 Å². The first-order chi connectivity index (χ1) is 20.8. The van der Waals surface area contributed by atoms with E-state index in [0.717, 1.165) is 67.4 Å². The highest BCUT2D eigenvalue weighted by atomic mass is 19.1. The maximum absolute atomic E-state index is 15.1. The molecule has 3 aliphatic rings. The smallest absolute Gasteiger partial charge is 0.257 e. The molecule has 4 unspecified atom stereocenters. The Hall–Kier alpha value is -4.18. The molecule has 43 heavy (non-hydrogen) atoms. The maximum atomic E-state index is 15.1. The number of carbonyl (C=O) groups excluding carboxylic acids is 2. The van der Waals surface area contributed by atoms with E-state index in [1.165, 1.54) is 6.07 Å². The van der Waals surface area contributed by atoms with Crippen LogP contribution in [-0.2, 0) is 4.79 Å². The standard InChI is InChI=1S/C36H39FN4O2/c1-22-13-16-29(19-26(22)21-38)40(27-9-3-4-10-27)28-17-14-24(15-18-28)34-30(35(39)42)20-25-8-6-12-32(25)41(34)36(43)33-23(2)7-5-11-31(33)37/h5,7,11,13-19,25,27,30,32,34H,3-4,6,8-10,12,20H2,1-2H3,(H2,39,42). The number of amides is 2. The fourth-order valence-corrected chi connectivity index (χ4v) is 7.93. The van der Waals surface area contributed by atoms with Crippen LogP contribution in [-0.4, -0.2) is 28.8 Å². The van der Waals surface area contributed by atoms with Crippen LogP contribution in [0.2, 0.25) is 0 Å². The third kappa shape index (κ3) is 5.29. The molecule has 1 aliphatic heterocycles. The number of nitrogens with two attached hydrogens (primary N) is 1. The van der Waals surface area contributed by atoms with Crippen molar-refractivity contribution in [2.45, 2.75) is 83.3 Å². The van der Waals surface area contributed by atoms with E-state index in [-0.39, 0.29) is 23.4 Å². The van der Waals surface area contributed by atoms with Crippen LogP contribution in [0.1, 0.15) is 90.0 Å². The highest BCUT2D eigenvalue weighted by Crippen LogP contribution is 2.49. The Morgan fingerprint density at radius 3 is 2.33 bits per heavy atom. The molecule has 3 fully saturated rings. The Balaban J connectivity index is 1.42. The Bertz CT molecular complexity index is 1550. The first-order valence-electron chi connectivity index (χ1n) is 15.6. The highest BCUT2D eigenvalue weighted by Gasteiger charge is 2.49. The van der Waals surface area contributed by atoms with E-state index in [4.69, 9.17) is 5.73 Å². The topological polar surface area (TPSA) is 90.4 Å². The molecular weight excluding hydrogens is 539 g/mol. The molecule has 6 nitrogen and oxygen atoms in total. The highest BCUT2D eigenvalue weighted by molar-refractivity contribution is 5.97. The average Bonchev–Trinajstić information content (AvgIpc) is 3.70. The number of hydrogen-bond acceptors (Lipinski definition) is 4. The third-order valence-corrected chi connectivity index (χ3v) is 10.1. The van der Waals surface area contributed by atoms with Crippen molar-refractivity contribution in [3.63, 3.8) is 0 Å². The molecule has 0 radical (unpaired) electrons. The van der Waals surface area contributed by atoms with Crippen molar-refractivity contribution in [1.29, 1.82) is 5.26 Å². The number of rotatable bonds is 6. The summed E-state index contributed by atoms with van der Waals surface area (Å²) in [4.78, 5) is 31.3. The summed E-state index contributed by atoms with van der Waals surface area (Å²) in [6, 6.07) is 20.8. The number of nitrogens with zero attached hydrogens (tertiary/aromatic N) is 3. The number of halogens is 1. The van der Waals surface area contributed by atoms with Gasteiger partial charge in [-0.1, -0.05) is 49.6 Å². The minimum Gasteiger partial charge on any atom is -0.369 e. The van der Waals surface area contributed by atoms with E-state index in [1.54, 1.807) is 24.0 Å². The number of nitriles is 1. The Morgan fingerprint density at radius 2 is 1.65 bits per heavy atom. The summed E-state index contributed by atoms with van der Waals surface area (Å²) in [7, 11) is 0. The quantitative estimate of drug-likeness (QED) is 0.334. The molecule has 3 aromatic carbocycles. The fourth-order valence-electron chi connectivity index (χ4n) is 7.93. The predicted octanol–water partition coefficient (Wildman–Crippen LogP) is 7.25. The maximum Gasteiger partial charge on any atom is 0.257 e. The van der Waals surface area contributed by atoms with Gasteiger partial charge in [0.05, 0.1) is 29.2 Å². The lowest BCUT2D eigenvalue weighted by Gasteiger charge is -2.48. The van der Waals surface area contributed by atoms with Gasteiger partial charge >= 0.3 is 0 Å². The van der Waals surface area contributed by atoms with Gasteiger partial charge in [-0.25, -0.2) is 4.39 Å². The predicted molar refractivity (Wildman–Crippen MR) is 165 cm³/mol. The molecule has 4 atom stereocenters. The first-order valence-corrected chi connectivity index (χ1v) is 15.6. The zero-order valence-corrected chi connectivity index (χ0v) is 24.9. The van der Waals surface area contributed by atoms with Gasteiger partial charge in [-0.3, -0.25) is 9.59 Å². The number of primary amides is 1. The van der Waals surface area contributed by atoms with E-state index in [2.05, 4.69) is 29.2 Å². The largest absolute Gasteiger partial charge is 0.369 e. The molecular formula is C36H39FN4O2. The van der Waals surface area contributed by atoms with Crippen LogP contribution in [0.15, 0.2) is 60.7 Å². The lowest BCUT2D eigenvalue weighted by Crippen LogP contribution is -2.54. The molecule has 1 heterocycles. The number of likely N-dealkylation sites (tertiary alicyclic amines) is 1. The lowest BCUT2D eigenvalue weighted by atomic mass is 9.76. The van der Waals surface area contributed by atoms with Gasteiger partial charge in [-0.15, -0.1) is 0 Å². The molecule has 7 heteroatoms. The van der Waals surface area contributed by atoms with Crippen molar-refractivity contribution >= 4 is 23.2 Å². The second kappa shape index (κ2) is 11.8. The van der Waals surface area contributed by atoms with Crippen molar-refractivity contribution in [2.24, 2.45) is 17.6 Å². The number of carbonyl (C=O) groups is 2. The summed E-state index contributed by atoms with van der Waals surface area (Å²) < 4.78 is 15.1. The van der Waals surface area contributed by atoms with Gasteiger partial charge in [0.25, 0.3) is 5.91 Å². The molecule has 2 amide bonds. The number of aryl methyl sites for hydroxylation is 2. The van der Waals surface area contributed by atoms with Crippen LogP contribution in [0.3, 0.4) is 0 Å². The molecule has 0 bridgehead atoms. The monoisotopic (exact) mass is 578 g/mol. The summed E-state index contributed by atoms with van der Waals surface area (Å²) in [6.07, 6.45) is 7.80. The minimum atomic E-state index is -0.582.